The average Bonchev–Trinajstić information content (AvgIpc) is 4.20. The van der Waals surface area contributed by atoms with E-state index in [1.54, 1.807) is 20.0 Å². The summed E-state index contributed by atoms with van der Waals surface area (Å²) in [5, 5.41) is 35.8. The summed E-state index contributed by atoms with van der Waals surface area (Å²) in [4.78, 5) is 133. The highest BCUT2D eigenvalue weighted by Gasteiger charge is 2.46. The van der Waals surface area contributed by atoms with E-state index >= 15 is 4.79 Å². The number of carbonyl (C=O) groups is 10. The Hall–Kier alpha value is -7.26. The smallest absolute Gasteiger partial charge is 0.312 e. The number of fused-ring (bicyclic) bond motifs is 1. The molecule has 9 atom stereocenters. The maximum absolute atomic E-state index is 15.1. The SMILES string of the molecule is CC[C@H](C)[C@H](NC(=O)[C@H](CC(N)=O)NC(=O)[C@H](CC(N)=O)NC(=O)[C@@H](N)CCCNC(N)=O)C(=O)N1C[C@@H](n2cc([C]3[CH][CH][CH][CH]3)nn2)C[C@H]1C(=O)N[C@@H](Cc1csc2ccccc12)C(=O)N[C@@H](CO)C(N)=O. The second kappa shape index (κ2) is 26.4. The fourth-order valence-corrected chi connectivity index (χ4v) is 9.12. The highest BCUT2D eigenvalue weighted by Crippen LogP contribution is 2.33. The summed E-state index contributed by atoms with van der Waals surface area (Å²) in [5.41, 5.74) is 28.5. The Bertz CT molecular complexity index is 2500. The molecule has 1 saturated heterocycles. The van der Waals surface area contributed by atoms with Crippen molar-refractivity contribution in [1.29, 1.82) is 0 Å². The summed E-state index contributed by atoms with van der Waals surface area (Å²) in [7, 11) is 0. The maximum atomic E-state index is 15.1. The van der Waals surface area contributed by atoms with Gasteiger partial charge in [-0.2, -0.15) is 0 Å². The van der Waals surface area contributed by atoms with Gasteiger partial charge in [0.05, 0.1) is 37.2 Å². The molecule has 1 aliphatic heterocycles. The molecule has 73 heavy (non-hydrogen) atoms. The Morgan fingerprint density at radius 1 is 0.822 bits per heavy atom. The summed E-state index contributed by atoms with van der Waals surface area (Å²) < 4.78 is 2.40. The van der Waals surface area contributed by atoms with Crippen molar-refractivity contribution in [3.63, 3.8) is 0 Å². The molecule has 0 unspecified atom stereocenters. The first kappa shape index (κ1) is 56.7. The molecule has 0 spiro atoms. The van der Waals surface area contributed by atoms with Crippen LogP contribution in [-0.4, -0.2) is 146 Å². The van der Waals surface area contributed by atoms with E-state index < -0.39 is 133 Å². The van der Waals surface area contributed by atoms with Crippen LogP contribution in [0.25, 0.3) is 10.1 Å². The second-order valence-corrected chi connectivity index (χ2v) is 18.6. The maximum Gasteiger partial charge on any atom is 0.312 e. The number of primary amides is 4. The molecule has 17 N–H and O–H groups in total. The first-order valence-electron chi connectivity index (χ1n) is 23.4. The Labute approximate surface area is 424 Å². The zero-order chi connectivity index (χ0) is 53.5. The van der Waals surface area contributed by atoms with Gasteiger partial charge >= 0.3 is 6.03 Å². The molecule has 393 valence electrons. The van der Waals surface area contributed by atoms with E-state index in [1.165, 1.54) is 20.9 Å². The number of nitrogens with zero attached hydrogens (tertiary/aromatic N) is 4. The van der Waals surface area contributed by atoms with Crippen molar-refractivity contribution in [3.05, 3.63) is 78.7 Å². The molecule has 11 amide bonds. The van der Waals surface area contributed by atoms with Crippen molar-refractivity contribution in [2.24, 2.45) is 34.6 Å². The Balaban J connectivity index is 1.43. The minimum atomic E-state index is -1.78. The molecular weight excluding hydrogens is 971 g/mol. The third-order valence-electron chi connectivity index (χ3n) is 12.3. The van der Waals surface area contributed by atoms with Gasteiger partial charge in [0.2, 0.25) is 53.2 Å². The summed E-state index contributed by atoms with van der Waals surface area (Å²) >= 11 is 1.41. The Morgan fingerprint density at radius 2 is 1.44 bits per heavy atom. The number of aliphatic hydroxyl groups excluding tert-OH is 1. The topological polar surface area (TPSA) is 427 Å². The third kappa shape index (κ3) is 15.6. The van der Waals surface area contributed by atoms with E-state index in [2.05, 4.69) is 42.2 Å². The number of urea groups is 1. The van der Waals surface area contributed by atoms with Crippen molar-refractivity contribution in [1.82, 2.24) is 51.8 Å². The molecule has 5 radical (unpaired) electrons. The molecule has 1 aromatic carbocycles. The Morgan fingerprint density at radius 3 is 2.05 bits per heavy atom. The molecule has 2 aliphatic rings. The van der Waals surface area contributed by atoms with Gasteiger partial charge in [0, 0.05) is 42.7 Å². The second-order valence-electron chi connectivity index (χ2n) is 17.7. The number of aromatic nitrogens is 3. The molecule has 27 heteroatoms. The van der Waals surface area contributed by atoms with E-state index in [4.69, 9.17) is 28.7 Å². The molecule has 26 nitrogen and oxygen atoms in total. The van der Waals surface area contributed by atoms with Crippen LogP contribution < -0.4 is 60.6 Å². The minimum absolute atomic E-state index is 0.0219. The number of benzene rings is 1. The van der Waals surface area contributed by atoms with Crippen LogP contribution in [0.5, 0.6) is 0 Å². The van der Waals surface area contributed by atoms with Gasteiger partial charge in [-0.25, -0.2) is 9.48 Å². The van der Waals surface area contributed by atoms with Crippen LogP contribution in [-0.2, 0) is 49.6 Å². The molecule has 0 bridgehead atoms. The number of rotatable bonds is 27. The van der Waals surface area contributed by atoms with Crippen LogP contribution in [0.3, 0.4) is 0 Å². The van der Waals surface area contributed by atoms with Gasteiger partial charge in [-0.3, -0.25) is 43.2 Å². The lowest BCUT2D eigenvalue weighted by molar-refractivity contribution is -0.144. The first-order chi connectivity index (χ1) is 34.7. The number of carbonyl (C=O) groups excluding carboxylic acids is 10. The highest BCUT2D eigenvalue weighted by atomic mass is 32.1. The van der Waals surface area contributed by atoms with E-state index in [0.717, 1.165) is 16.0 Å². The lowest BCUT2D eigenvalue weighted by Gasteiger charge is -2.33. The van der Waals surface area contributed by atoms with E-state index in [9.17, 15) is 48.3 Å². The molecule has 5 rings (SSSR count). The highest BCUT2D eigenvalue weighted by molar-refractivity contribution is 7.17. The van der Waals surface area contributed by atoms with Crippen LogP contribution in [0.4, 0.5) is 4.79 Å². The predicted molar refractivity (Wildman–Crippen MR) is 262 cm³/mol. The van der Waals surface area contributed by atoms with Gasteiger partial charge in [0.1, 0.15) is 36.3 Å². The lowest BCUT2D eigenvalue weighted by Crippen LogP contribution is -2.61. The van der Waals surface area contributed by atoms with E-state index in [1.807, 2.05) is 55.3 Å². The molecule has 3 heterocycles. The van der Waals surface area contributed by atoms with Gasteiger partial charge in [0.25, 0.3) is 0 Å². The van der Waals surface area contributed by atoms with E-state index in [0.29, 0.717) is 11.3 Å². The monoisotopic (exact) mass is 1030 g/mol. The van der Waals surface area contributed by atoms with Crippen LogP contribution in [0.15, 0.2) is 35.8 Å². The van der Waals surface area contributed by atoms with Crippen molar-refractivity contribution in [2.75, 3.05) is 19.7 Å². The Kier molecular flexibility index (Phi) is 20.5. The van der Waals surface area contributed by atoms with E-state index in [-0.39, 0.29) is 45.2 Å². The normalized spacial score (nSPS) is 18.5. The number of aliphatic hydroxyl groups is 1. The summed E-state index contributed by atoms with van der Waals surface area (Å²) in [6.07, 6.45) is 7.72. The minimum Gasteiger partial charge on any atom is -0.394 e. The van der Waals surface area contributed by atoms with Gasteiger partial charge in [0.15, 0.2) is 0 Å². The van der Waals surface area contributed by atoms with Crippen molar-refractivity contribution in [2.45, 2.75) is 107 Å². The quantitative estimate of drug-likeness (QED) is 0.0325. The van der Waals surface area contributed by atoms with Crippen LogP contribution in [0, 0.1) is 37.5 Å². The number of nitrogens with one attached hydrogen (secondary N) is 6. The van der Waals surface area contributed by atoms with Crippen LogP contribution >= 0.6 is 11.3 Å². The van der Waals surface area contributed by atoms with Crippen molar-refractivity contribution in [3.8, 4) is 0 Å². The van der Waals surface area contributed by atoms with Gasteiger partial charge in [-0.1, -0.05) is 43.7 Å². The van der Waals surface area contributed by atoms with Crippen molar-refractivity contribution < 1.29 is 53.1 Å². The molecular formula is C46H62N15O11S. The number of hydrogen-bond donors (Lipinski definition) is 12. The summed E-state index contributed by atoms with van der Waals surface area (Å²) in [6.45, 7) is 2.48. The fraction of sp³-hybridized carbons (Fsp3) is 0.457. The van der Waals surface area contributed by atoms with Gasteiger partial charge < -0.3 is 70.6 Å². The molecule has 1 aliphatic carbocycles. The van der Waals surface area contributed by atoms with Crippen LogP contribution in [0.2, 0.25) is 0 Å². The van der Waals surface area contributed by atoms with Crippen molar-refractivity contribution >= 4 is 80.6 Å². The summed E-state index contributed by atoms with van der Waals surface area (Å²) in [6, 6.07) is -4.44. The molecule has 2 fully saturated rings. The fourth-order valence-electron chi connectivity index (χ4n) is 8.15. The number of nitrogens with two attached hydrogens (primary N) is 5. The number of hydrogen-bond acceptors (Lipinski definition) is 15. The number of thiophene rings is 1. The lowest BCUT2D eigenvalue weighted by atomic mass is 9.96. The van der Waals surface area contributed by atoms with Gasteiger partial charge in [-0.05, 0) is 66.8 Å². The van der Waals surface area contributed by atoms with Gasteiger partial charge in [-0.15, -0.1) is 16.4 Å². The number of likely N-dealkylation sites (tertiary alicyclic amines) is 1. The largest absolute Gasteiger partial charge is 0.394 e. The third-order valence-corrected chi connectivity index (χ3v) is 13.4. The zero-order valence-corrected chi connectivity index (χ0v) is 41.0. The number of amides is 11. The molecule has 3 aromatic rings. The average molecular weight is 1030 g/mol. The summed E-state index contributed by atoms with van der Waals surface area (Å²) in [5.74, 6) is -8.55. The molecule has 2 aromatic heterocycles. The first-order valence-corrected chi connectivity index (χ1v) is 24.3. The van der Waals surface area contributed by atoms with Crippen LogP contribution in [0.1, 0.15) is 69.7 Å². The standard InChI is InChI=1S/C46H62N15O11S/c1-3-23(2)38(57-43(69)31(18-37(49)64)54-42(68)30(17-36(48)63)53-40(66)28(47)12-8-14-52-46(51)72)45(71)60-19-26(61-20-32(58-59-61)24-9-4-5-10-24)16-34(60)44(70)55-29(41(67)56-33(21-62)39(50)65)15-25-22-73-35-13-7-6-11-27(25)35/h4-7,9-11,13,20,22-23,26,28-31,33-34,38,62H,3,8,12,14-19,21,47H2,1-2H3,(H2,48,63)(H2,49,64)(H2,50,65)(H,53,66)(H,54,68)(H,55,70)(H,56,67)(H,57,69)(H3,51,52,72)/t23-,26-,28-,29-,30-,31-,33-,34-,38-/m0/s1. The predicted octanol–water partition coefficient (Wildman–Crippen LogP) is -3.89. The zero-order valence-electron chi connectivity index (χ0n) is 40.2. The molecule has 1 saturated carbocycles.